The summed E-state index contributed by atoms with van der Waals surface area (Å²) in [7, 11) is 0. The largest absolute Gasteiger partial charge is 0.449 e. The van der Waals surface area contributed by atoms with Crippen molar-refractivity contribution >= 4 is 11.9 Å². The van der Waals surface area contributed by atoms with Crippen LogP contribution in [0.2, 0.25) is 0 Å². The van der Waals surface area contributed by atoms with Gasteiger partial charge >= 0.3 is 6.03 Å². The molecule has 2 amide bonds. The molecule has 0 aliphatic rings. The fourth-order valence-electron chi connectivity index (χ4n) is 1.18. The highest BCUT2D eigenvalue weighted by molar-refractivity contribution is 5.87. The van der Waals surface area contributed by atoms with E-state index in [1.165, 1.54) is 6.26 Å². The van der Waals surface area contributed by atoms with Crippen molar-refractivity contribution in [1.29, 1.82) is 0 Å². The predicted molar refractivity (Wildman–Crippen MR) is 58.8 cm³/mol. The molecule has 2 N–H and O–H groups in total. The number of carbonyl (C=O) groups is 1. The van der Waals surface area contributed by atoms with E-state index >= 15 is 0 Å². The normalized spacial score (nSPS) is 9.75. The average molecular weight is 217 g/mol. The third-order valence-corrected chi connectivity index (χ3v) is 1.91. The Morgan fingerprint density at radius 2 is 2.25 bits per heavy atom. The summed E-state index contributed by atoms with van der Waals surface area (Å²) in [6, 6.07) is 8.59. The van der Waals surface area contributed by atoms with Gasteiger partial charge in [0.15, 0.2) is 0 Å². The smallest absolute Gasteiger partial charge is 0.321 e. The molecule has 2 aromatic heterocycles. The average Bonchev–Trinajstić information content (AvgIpc) is 2.81. The Hall–Kier alpha value is -2.30. The molecule has 0 radical (unpaired) electrons. The molecular formula is C11H11N3O2. The van der Waals surface area contributed by atoms with Crippen LogP contribution in [0.1, 0.15) is 5.69 Å². The van der Waals surface area contributed by atoms with Gasteiger partial charge in [0, 0.05) is 12.3 Å². The molecule has 0 aromatic carbocycles. The first kappa shape index (κ1) is 10.2. The molecule has 5 nitrogen and oxygen atoms in total. The van der Waals surface area contributed by atoms with E-state index in [0.717, 1.165) is 5.69 Å². The Bertz CT molecular complexity index is 440. The van der Waals surface area contributed by atoms with Crippen LogP contribution in [0, 0.1) is 0 Å². The summed E-state index contributed by atoms with van der Waals surface area (Å²) in [5, 5.41) is 5.21. The van der Waals surface area contributed by atoms with Gasteiger partial charge in [0.1, 0.15) is 0 Å². The molecule has 2 rings (SSSR count). The van der Waals surface area contributed by atoms with Crippen LogP contribution in [0.3, 0.4) is 0 Å². The van der Waals surface area contributed by atoms with Crippen LogP contribution in [-0.4, -0.2) is 11.0 Å². The van der Waals surface area contributed by atoms with Crippen molar-refractivity contribution in [3.63, 3.8) is 0 Å². The molecular weight excluding hydrogens is 206 g/mol. The Morgan fingerprint density at radius 1 is 1.31 bits per heavy atom. The highest BCUT2D eigenvalue weighted by atomic mass is 16.3. The molecule has 16 heavy (non-hydrogen) atoms. The standard InChI is InChI=1S/C11H11N3O2/c15-11(14-10-5-3-7-16-10)13-8-9-4-1-2-6-12-9/h1-7H,8H2,(H2,13,14,15). The van der Waals surface area contributed by atoms with E-state index in [0.29, 0.717) is 12.4 Å². The summed E-state index contributed by atoms with van der Waals surface area (Å²) in [5.41, 5.74) is 0.803. The second-order valence-electron chi connectivity index (χ2n) is 3.11. The Kier molecular flexibility index (Phi) is 3.18. The minimum absolute atomic E-state index is 0.319. The Balaban J connectivity index is 1.80. The SMILES string of the molecule is O=C(NCc1ccccn1)Nc1ccco1. The number of pyridine rings is 1. The third-order valence-electron chi connectivity index (χ3n) is 1.91. The summed E-state index contributed by atoms with van der Waals surface area (Å²) >= 11 is 0. The van der Waals surface area contributed by atoms with Crippen molar-refractivity contribution in [3.8, 4) is 0 Å². The minimum Gasteiger partial charge on any atom is -0.449 e. The first-order chi connectivity index (χ1) is 7.84. The number of anilines is 1. The Labute approximate surface area is 92.5 Å². The van der Waals surface area contributed by atoms with Gasteiger partial charge in [0.2, 0.25) is 5.88 Å². The zero-order valence-corrected chi connectivity index (χ0v) is 8.51. The van der Waals surface area contributed by atoms with Crippen LogP contribution in [0.5, 0.6) is 0 Å². The van der Waals surface area contributed by atoms with Crippen LogP contribution in [0.15, 0.2) is 47.2 Å². The van der Waals surface area contributed by atoms with Gasteiger partial charge in [-0.2, -0.15) is 0 Å². The van der Waals surface area contributed by atoms with Gasteiger partial charge in [-0.3, -0.25) is 10.3 Å². The van der Waals surface area contributed by atoms with E-state index in [9.17, 15) is 4.79 Å². The van der Waals surface area contributed by atoms with Crippen molar-refractivity contribution < 1.29 is 9.21 Å². The number of aromatic nitrogens is 1. The van der Waals surface area contributed by atoms with Gasteiger partial charge < -0.3 is 9.73 Å². The van der Waals surface area contributed by atoms with Crippen molar-refractivity contribution in [3.05, 3.63) is 48.5 Å². The fraction of sp³-hybridized carbons (Fsp3) is 0.0909. The lowest BCUT2D eigenvalue weighted by Crippen LogP contribution is -2.28. The highest BCUT2D eigenvalue weighted by Gasteiger charge is 2.02. The van der Waals surface area contributed by atoms with Crippen molar-refractivity contribution in [2.24, 2.45) is 0 Å². The van der Waals surface area contributed by atoms with E-state index < -0.39 is 0 Å². The highest BCUT2D eigenvalue weighted by Crippen LogP contribution is 2.05. The molecule has 2 heterocycles. The van der Waals surface area contributed by atoms with Crippen LogP contribution >= 0.6 is 0 Å². The van der Waals surface area contributed by atoms with Crippen LogP contribution in [0.4, 0.5) is 10.7 Å². The van der Waals surface area contributed by atoms with Crippen molar-refractivity contribution in [2.45, 2.75) is 6.54 Å². The summed E-state index contributed by atoms with van der Waals surface area (Å²) in [5.74, 6) is 0.415. The second-order valence-corrected chi connectivity index (χ2v) is 3.11. The maximum atomic E-state index is 11.4. The first-order valence-electron chi connectivity index (χ1n) is 4.83. The van der Waals surface area contributed by atoms with Gasteiger partial charge in [-0.05, 0) is 18.2 Å². The van der Waals surface area contributed by atoms with Crippen molar-refractivity contribution in [1.82, 2.24) is 10.3 Å². The van der Waals surface area contributed by atoms with E-state index in [-0.39, 0.29) is 6.03 Å². The molecule has 0 saturated heterocycles. The molecule has 5 heteroatoms. The number of rotatable bonds is 3. The zero-order valence-electron chi connectivity index (χ0n) is 8.51. The zero-order chi connectivity index (χ0) is 11.2. The van der Waals surface area contributed by atoms with E-state index in [4.69, 9.17) is 4.42 Å². The number of hydrogen-bond donors (Lipinski definition) is 2. The maximum Gasteiger partial charge on any atom is 0.321 e. The number of carbonyl (C=O) groups excluding carboxylic acids is 1. The molecule has 0 aliphatic carbocycles. The van der Waals surface area contributed by atoms with Gasteiger partial charge in [-0.15, -0.1) is 0 Å². The molecule has 2 aromatic rings. The maximum absolute atomic E-state index is 11.4. The molecule has 0 bridgehead atoms. The van der Waals surface area contributed by atoms with Gasteiger partial charge in [0.25, 0.3) is 0 Å². The minimum atomic E-state index is -0.319. The number of nitrogens with one attached hydrogen (secondary N) is 2. The topological polar surface area (TPSA) is 67.2 Å². The van der Waals surface area contributed by atoms with Crippen molar-refractivity contribution in [2.75, 3.05) is 5.32 Å². The molecule has 0 aliphatic heterocycles. The van der Waals surface area contributed by atoms with Gasteiger partial charge in [-0.25, -0.2) is 4.79 Å². The van der Waals surface area contributed by atoms with E-state index in [1.54, 1.807) is 18.3 Å². The number of furan rings is 1. The molecule has 0 saturated carbocycles. The summed E-state index contributed by atoms with van der Waals surface area (Å²) in [6.45, 7) is 0.382. The monoisotopic (exact) mass is 217 g/mol. The number of amides is 2. The molecule has 0 unspecified atom stereocenters. The van der Waals surface area contributed by atoms with Gasteiger partial charge in [0.05, 0.1) is 18.5 Å². The number of nitrogens with zero attached hydrogens (tertiary/aromatic N) is 1. The molecule has 82 valence electrons. The van der Waals surface area contributed by atoms with Crippen LogP contribution in [0.25, 0.3) is 0 Å². The summed E-state index contributed by atoms with van der Waals surface area (Å²) in [4.78, 5) is 15.5. The molecule has 0 spiro atoms. The third kappa shape index (κ3) is 2.84. The molecule has 0 atom stereocenters. The van der Waals surface area contributed by atoms with Crippen LogP contribution in [-0.2, 0) is 6.54 Å². The summed E-state index contributed by atoms with van der Waals surface area (Å²) < 4.78 is 4.97. The lowest BCUT2D eigenvalue weighted by molar-refractivity contribution is 0.251. The molecule has 0 fully saturated rings. The lowest BCUT2D eigenvalue weighted by atomic mass is 10.3. The quantitative estimate of drug-likeness (QED) is 0.826. The van der Waals surface area contributed by atoms with E-state index in [1.807, 2.05) is 18.2 Å². The summed E-state index contributed by atoms with van der Waals surface area (Å²) in [6.07, 6.45) is 3.18. The van der Waals surface area contributed by atoms with E-state index in [2.05, 4.69) is 15.6 Å². The number of urea groups is 1. The lowest BCUT2D eigenvalue weighted by Gasteiger charge is -2.04. The second kappa shape index (κ2) is 4.97. The van der Waals surface area contributed by atoms with Crippen LogP contribution < -0.4 is 10.6 Å². The first-order valence-corrected chi connectivity index (χ1v) is 4.83. The van der Waals surface area contributed by atoms with Gasteiger partial charge in [-0.1, -0.05) is 6.07 Å². The fourth-order valence-corrected chi connectivity index (χ4v) is 1.18. The number of hydrogen-bond acceptors (Lipinski definition) is 3. The Morgan fingerprint density at radius 3 is 2.94 bits per heavy atom. The predicted octanol–water partition coefficient (Wildman–Crippen LogP) is 2.00.